The second-order valence-corrected chi connectivity index (χ2v) is 5.86. The van der Waals surface area contributed by atoms with Gasteiger partial charge in [0.15, 0.2) is 11.5 Å². The molecule has 0 saturated heterocycles. The minimum atomic E-state index is -0.0872. The van der Waals surface area contributed by atoms with Crippen molar-refractivity contribution in [2.24, 2.45) is 7.05 Å². The summed E-state index contributed by atoms with van der Waals surface area (Å²) in [6, 6.07) is 13.2. The Kier molecular flexibility index (Phi) is 3.85. The third-order valence-electron chi connectivity index (χ3n) is 4.03. The highest BCUT2D eigenvalue weighted by Gasteiger charge is 2.14. The second kappa shape index (κ2) is 6.32. The Balaban J connectivity index is 1.47. The van der Waals surface area contributed by atoms with E-state index in [1.54, 1.807) is 6.20 Å². The Bertz CT molecular complexity index is 933. The van der Waals surface area contributed by atoms with E-state index in [4.69, 9.17) is 9.47 Å². The van der Waals surface area contributed by atoms with Gasteiger partial charge < -0.3 is 19.4 Å². The van der Waals surface area contributed by atoms with E-state index in [-0.39, 0.29) is 19.1 Å². The molecule has 0 atom stereocenters. The molecule has 4 rings (SSSR count). The molecular weight excluding hydrogens is 318 g/mol. The largest absolute Gasteiger partial charge is 0.454 e. The molecule has 1 N–H and O–H groups in total. The molecule has 2 heterocycles. The SMILES string of the molecule is Cn1ccnc1-c1cccc(NC(=O)Cc2ccc3c(c2)OCO3)c1. The van der Waals surface area contributed by atoms with E-state index in [1.807, 2.05) is 60.3 Å². The lowest BCUT2D eigenvalue weighted by atomic mass is 10.1. The number of ether oxygens (including phenoxy) is 2. The van der Waals surface area contributed by atoms with Crippen LogP contribution in [0.5, 0.6) is 11.5 Å². The van der Waals surface area contributed by atoms with Gasteiger partial charge >= 0.3 is 0 Å². The summed E-state index contributed by atoms with van der Waals surface area (Å²) >= 11 is 0. The van der Waals surface area contributed by atoms with Gasteiger partial charge in [-0.25, -0.2) is 4.98 Å². The Labute approximate surface area is 145 Å². The molecule has 0 unspecified atom stereocenters. The van der Waals surface area contributed by atoms with Gasteiger partial charge in [-0.05, 0) is 29.8 Å². The molecule has 6 heteroatoms. The molecule has 0 bridgehead atoms. The number of nitrogens with zero attached hydrogens (tertiary/aromatic N) is 2. The van der Waals surface area contributed by atoms with Gasteiger partial charge in [-0.1, -0.05) is 18.2 Å². The molecule has 1 aliphatic heterocycles. The number of carbonyl (C=O) groups is 1. The lowest BCUT2D eigenvalue weighted by molar-refractivity contribution is -0.115. The molecule has 0 aliphatic carbocycles. The number of imidazole rings is 1. The highest BCUT2D eigenvalue weighted by molar-refractivity contribution is 5.92. The molecule has 0 fully saturated rings. The van der Waals surface area contributed by atoms with Crippen LogP contribution in [-0.4, -0.2) is 22.3 Å². The predicted molar refractivity (Wildman–Crippen MR) is 93.5 cm³/mol. The van der Waals surface area contributed by atoms with Crippen molar-refractivity contribution >= 4 is 11.6 Å². The van der Waals surface area contributed by atoms with Crippen molar-refractivity contribution in [1.29, 1.82) is 0 Å². The van der Waals surface area contributed by atoms with Crippen LogP contribution in [0.3, 0.4) is 0 Å². The molecule has 0 saturated carbocycles. The smallest absolute Gasteiger partial charge is 0.231 e. The van der Waals surface area contributed by atoms with Crippen LogP contribution in [0, 0.1) is 0 Å². The third-order valence-corrected chi connectivity index (χ3v) is 4.03. The van der Waals surface area contributed by atoms with Gasteiger partial charge in [-0.3, -0.25) is 4.79 Å². The summed E-state index contributed by atoms with van der Waals surface area (Å²) in [5, 5.41) is 2.93. The fourth-order valence-corrected chi connectivity index (χ4v) is 2.82. The lowest BCUT2D eigenvalue weighted by Gasteiger charge is -2.08. The van der Waals surface area contributed by atoms with Crippen molar-refractivity contribution < 1.29 is 14.3 Å². The molecule has 6 nitrogen and oxygen atoms in total. The lowest BCUT2D eigenvalue weighted by Crippen LogP contribution is -2.14. The first kappa shape index (κ1) is 15.3. The molecule has 1 aliphatic rings. The predicted octanol–water partition coefficient (Wildman–Crippen LogP) is 3.00. The van der Waals surface area contributed by atoms with Crippen LogP contribution in [0.2, 0.25) is 0 Å². The molecule has 0 spiro atoms. The molecule has 25 heavy (non-hydrogen) atoms. The normalized spacial score (nSPS) is 12.2. The number of aryl methyl sites for hydroxylation is 1. The number of fused-ring (bicyclic) bond motifs is 1. The highest BCUT2D eigenvalue weighted by Crippen LogP contribution is 2.32. The summed E-state index contributed by atoms with van der Waals surface area (Å²) in [4.78, 5) is 16.7. The molecule has 1 aromatic heterocycles. The number of rotatable bonds is 4. The number of hydrogen-bond donors (Lipinski definition) is 1. The van der Waals surface area contributed by atoms with Crippen molar-refractivity contribution in [3.8, 4) is 22.9 Å². The van der Waals surface area contributed by atoms with Crippen molar-refractivity contribution in [1.82, 2.24) is 9.55 Å². The quantitative estimate of drug-likeness (QED) is 0.796. The van der Waals surface area contributed by atoms with E-state index in [2.05, 4.69) is 10.3 Å². The third kappa shape index (κ3) is 3.19. The average molecular weight is 335 g/mol. The zero-order chi connectivity index (χ0) is 17.2. The minimum absolute atomic E-state index is 0.0872. The van der Waals surface area contributed by atoms with Crippen molar-refractivity contribution in [3.63, 3.8) is 0 Å². The van der Waals surface area contributed by atoms with Crippen LogP contribution in [0.4, 0.5) is 5.69 Å². The molecule has 1 amide bonds. The van der Waals surface area contributed by atoms with E-state index in [0.29, 0.717) is 11.5 Å². The summed E-state index contributed by atoms with van der Waals surface area (Å²) in [5.74, 6) is 2.16. The highest BCUT2D eigenvalue weighted by atomic mass is 16.7. The monoisotopic (exact) mass is 335 g/mol. The van der Waals surface area contributed by atoms with Gasteiger partial charge in [-0.15, -0.1) is 0 Å². The van der Waals surface area contributed by atoms with Gasteiger partial charge in [-0.2, -0.15) is 0 Å². The number of nitrogens with one attached hydrogen (secondary N) is 1. The fraction of sp³-hybridized carbons (Fsp3) is 0.158. The molecule has 3 aromatic rings. The summed E-state index contributed by atoms with van der Waals surface area (Å²) in [6.07, 6.45) is 3.91. The van der Waals surface area contributed by atoms with Crippen LogP contribution < -0.4 is 14.8 Å². The van der Waals surface area contributed by atoms with Crippen molar-refractivity contribution in [2.45, 2.75) is 6.42 Å². The maximum atomic E-state index is 12.3. The van der Waals surface area contributed by atoms with Crippen LogP contribution >= 0.6 is 0 Å². The van der Waals surface area contributed by atoms with Crippen LogP contribution in [0.1, 0.15) is 5.56 Å². The zero-order valence-electron chi connectivity index (χ0n) is 13.7. The molecule has 126 valence electrons. The second-order valence-electron chi connectivity index (χ2n) is 5.86. The summed E-state index contributed by atoms with van der Waals surface area (Å²) < 4.78 is 12.6. The minimum Gasteiger partial charge on any atom is -0.454 e. The van der Waals surface area contributed by atoms with E-state index in [1.165, 1.54) is 0 Å². The standard InChI is InChI=1S/C19H17N3O3/c1-22-8-7-20-19(22)14-3-2-4-15(11-14)21-18(23)10-13-5-6-16-17(9-13)25-12-24-16/h2-9,11H,10,12H2,1H3,(H,21,23). The van der Waals surface area contributed by atoms with Crippen molar-refractivity contribution in [2.75, 3.05) is 12.1 Å². The number of amides is 1. The first-order chi connectivity index (χ1) is 12.2. The number of carbonyl (C=O) groups excluding carboxylic acids is 1. The van der Waals surface area contributed by atoms with Crippen LogP contribution in [-0.2, 0) is 18.3 Å². The van der Waals surface area contributed by atoms with E-state index in [9.17, 15) is 4.79 Å². The van der Waals surface area contributed by atoms with Gasteiger partial charge in [0, 0.05) is 30.7 Å². The number of anilines is 1. The Morgan fingerprint density at radius 1 is 1.20 bits per heavy atom. The Hall–Kier alpha value is -3.28. The topological polar surface area (TPSA) is 65.4 Å². The van der Waals surface area contributed by atoms with Crippen molar-refractivity contribution in [3.05, 3.63) is 60.4 Å². The first-order valence-electron chi connectivity index (χ1n) is 7.95. The Morgan fingerprint density at radius 2 is 2.08 bits per heavy atom. The van der Waals surface area contributed by atoms with Gasteiger partial charge in [0.05, 0.1) is 6.42 Å². The summed E-state index contributed by atoms with van der Waals surface area (Å²) in [7, 11) is 1.94. The van der Waals surface area contributed by atoms with E-state index < -0.39 is 0 Å². The zero-order valence-corrected chi connectivity index (χ0v) is 13.7. The molecule has 0 radical (unpaired) electrons. The van der Waals surface area contributed by atoms with E-state index in [0.717, 1.165) is 22.6 Å². The summed E-state index contributed by atoms with van der Waals surface area (Å²) in [5.41, 5.74) is 2.57. The van der Waals surface area contributed by atoms with Crippen LogP contribution in [0.25, 0.3) is 11.4 Å². The average Bonchev–Trinajstić information content (AvgIpc) is 3.23. The van der Waals surface area contributed by atoms with Gasteiger partial charge in [0.25, 0.3) is 0 Å². The first-order valence-corrected chi connectivity index (χ1v) is 7.95. The molecular formula is C19H17N3O3. The summed E-state index contributed by atoms with van der Waals surface area (Å²) in [6.45, 7) is 0.227. The maximum absolute atomic E-state index is 12.3. The fourth-order valence-electron chi connectivity index (χ4n) is 2.82. The Morgan fingerprint density at radius 3 is 2.92 bits per heavy atom. The maximum Gasteiger partial charge on any atom is 0.231 e. The van der Waals surface area contributed by atoms with E-state index >= 15 is 0 Å². The number of hydrogen-bond acceptors (Lipinski definition) is 4. The van der Waals surface area contributed by atoms with Crippen LogP contribution in [0.15, 0.2) is 54.9 Å². The van der Waals surface area contributed by atoms with Gasteiger partial charge in [0.1, 0.15) is 5.82 Å². The number of benzene rings is 2. The number of aromatic nitrogens is 2. The van der Waals surface area contributed by atoms with Gasteiger partial charge in [0.2, 0.25) is 12.7 Å². The molecule has 2 aromatic carbocycles.